The zero-order valence-electron chi connectivity index (χ0n) is 14.1. The van der Waals surface area contributed by atoms with E-state index in [-0.39, 0.29) is 0 Å². The van der Waals surface area contributed by atoms with Gasteiger partial charge in [-0.1, -0.05) is 27.7 Å². The molecule has 0 aliphatic carbocycles. The van der Waals surface area contributed by atoms with Crippen LogP contribution in [0.3, 0.4) is 0 Å². The summed E-state index contributed by atoms with van der Waals surface area (Å²) in [6.07, 6.45) is 5.44. The second-order valence-electron chi connectivity index (χ2n) is 7.82. The van der Waals surface area contributed by atoms with Crippen molar-refractivity contribution in [1.29, 1.82) is 0 Å². The van der Waals surface area contributed by atoms with Crippen LogP contribution in [0.1, 0.15) is 53.4 Å². The first-order valence-electron chi connectivity index (χ1n) is 8.70. The Morgan fingerprint density at radius 1 is 1.15 bits per heavy atom. The van der Waals surface area contributed by atoms with Crippen LogP contribution in [0.4, 0.5) is 0 Å². The molecular weight excluding hydrogens is 246 g/mol. The molecule has 2 heterocycles. The molecule has 118 valence electrons. The normalized spacial score (nSPS) is 27.3. The highest BCUT2D eigenvalue weighted by atomic mass is 15.3. The van der Waals surface area contributed by atoms with Gasteiger partial charge in [0.15, 0.2) is 0 Å². The Kier molecular flexibility index (Phi) is 5.88. The van der Waals surface area contributed by atoms with Crippen molar-refractivity contribution in [2.75, 3.05) is 39.3 Å². The molecule has 0 amide bonds. The largest absolute Gasteiger partial charge is 0.312 e. The molecule has 0 saturated carbocycles. The van der Waals surface area contributed by atoms with E-state index in [1.807, 2.05) is 0 Å². The van der Waals surface area contributed by atoms with Crippen molar-refractivity contribution in [3.8, 4) is 0 Å². The van der Waals surface area contributed by atoms with Crippen molar-refractivity contribution in [3.63, 3.8) is 0 Å². The number of nitrogens with zero attached hydrogens (tertiary/aromatic N) is 2. The van der Waals surface area contributed by atoms with Crippen molar-refractivity contribution >= 4 is 0 Å². The average molecular weight is 281 g/mol. The van der Waals surface area contributed by atoms with Gasteiger partial charge in [-0.15, -0.1) is 0 Å². The second-order valence-corrected chi connectivity index (χ2v) is 7.82. The molecule has 1 N–H and O–H groups in total. The van der Waals surface area contributed by atoms with E-state index in [1.165, 1.54) is 58.4 Å². The number of rotatable bonds is 6. The van der Waals surface area contributed by atoms with E-state index in [1.54, 1.807) is 0 Å². The van der Waals surface area contributed by atoms with E-state index in [2.05, 4.69) is 42.8 Å². The number of hydrogen-bond acceptors (Lipinski definition) is 3. The van der Waals surface area contributed by atoms with E-state index in [4.69, 9.17) is 0 Å². The molecule has 0 bridgehead atoms. The number of likely N-dealkylation sites (tertiary alicyclic amines) is 2. The standard InChI is InChI=1S/C17H35N3/c1-5-9-18-16(17(2,3)4)14-19-12-8-15(13-19)20-10-6-7-11-20/h15-16,18H,5-14H2,1-4H3. The quantitative estimate of drug-likeness (QED) is 0.807. The third kappa shape index (κ3) is 4.44. The summed E-state index contributed by atoms with van der Waals surface area (Å²) in [6, 6.07) is 1.45. The molecule has 20 heavy (non-hydrogen) atoms. The fraction of sp³-hybridized carbons (Fsp3) is 1.00. The fourth-order valence-corrected chi connectivity index (χ4v) is 3.60. The molecule has 3 nitrogen and oxygen atoms in total. The van der Waals surface area contributed by atoms with Gasteiger partial charge >= 0.3 is 0 Å². The molecule has 3 heteroatoms. The van der Waals surface area contributed by atoms with Crippen LogP contribution in [0.25, 0.3) is 0 Å². The zero-order chi connectivity index (χ0) is 14.6. The molecular formula is C17H35N3. The molecule has 0 aromatic rings. The van der Waals surface area contributed by atoms with Gasteiger partial charge in [0, 0.05) is 25.2 Å². The molecule has 2 aliphatic rings. The Labute approximate surface area is 126 Å². The molecule has 0 aromatic carbocycles. The summed E-state index contributed by atoms with van der Waals surface area (Å²) in [5.41, 5.74) is 0.348. The summed E-state index contributed by atoms with van der Waals surface area (Å²) in [4.78, 5) is 5.42. The van der Waals surface area contributed by atoms with Gasteiger partial charge in [-0.3, -0.25) is 4.90 Å². The van der Waals surface area contributed by atoms with E-state index in [0.717, 1.165) is 12.6 Å². The summed E-state index contributed by atoms with van der Waals surface area (Å²) in [5, 5.41) is 3.77. The van der Waals surface area contributed by atoms with E-state index in [9.17, 15) is 0 Å². The highest BCUT2D eigenvalue weighted by Crippen LogP contribution is 2.24. The van der Waals surface area contributed by atoms with Crippen molar-refractivity contribution in [3.05, 3.63) is 0 Å². The molecule has 2 atom stereocenters. The average Bonchev–Trinajstić information content (AvgIpc) is 3.03. The summed E-state index contributed by atoms with van der Waals surface area (Å²) in [6.45, 7) is 17.0. The molecule has 2 unspecified atom stereocenters. The Bertz CT molecular complexity index is 278. The Morgan fingerprint density at radius 2 is 1.85 bits per heavy atom. The first-order chi connectivity index (χ1) is 9.50. The second kappa shape index (κ2) is 7.24. The van der Waals surface area contributed by atoms with Gasteiger partial charge in [0.1, 0.15) is 0 Å². The molecule has 2 rings (SSSR count). The first-order valence-corrected chi connectivity index (χ1v) is 8.70. The van der Waals surface area contributed by atoms with E-state index in [0.29, 0.717) is 11.5 Å². The van der Waals surface area contributed by atoms with Gasteiger partial charge in [-0.2, -0.15) is 0 Å². The summed E-state index contributed by atoms with van der Waals surface area (Å²) in [5.74, 6) is 0. The summed E-state index contributed by atoms with van der Waals surface area (Å²) in [7, 11) is 0. The lowest BCUT2D eigenvalue weighted by molar-refractivity contribution is 0.179. The maximum absolute atomic E-state index is 3.77. The van der Waals surface area contributed by atoms with Crippen LogP contribution in [-0.4, -0.2) is 61.2 Å². The van der Waals surface area contributed by atoms with Crippen LogP contribution >= 0.6 is 0 Å². The zero-order valence-corrected chi connectivity index (χ0v) is 14.1. The SMILES string of the molecule is CCCNC(CN1CCC(N2CCCC2)C1)C(C)(C)C. The third-order valence-electron chi connectivity index (χ3n) is 5.03. The molecule has 0 radical (unpaired) electrons. The fourth-order valence-electron chi connectivity index (χ4n) is 3.60. The van der Waals surface area contributed by atoms with E-state index >= 15 is 0 Å². The Morgan fingerprint density at radius 3 is 2.45 bits per heavy atom. The van der Waals surface area contributed by atoms with Gasteiger partial charge in [-0.25, -0.2) is 0 Å². The minimum atomic E-state index is 0.348. The van der Waals surface area contributed by atoms with Gasteiger partial charge in [0.05, 0.1) is 0 Å². The van der Waals surface area contributed by atoms with Gasteiger partial charge in [0.25, 0.3) is 0 Å². The van der Waals surface area contributed by atoms with Crippen molar-refractivity contribution in [2.45, 2.75) is 65.5 Å². The Hall–Kier alpha value is -0.120. The highest BCUT2D eigenvalue weighted by molar-refractivity contribution is 4.90. The van der Waals surface area contributed by atoms with Crippen molar-refractivity contribution in [1.82, 2.24) is 15.1 Å². The maximum Gasteiger partial charge on any atom is 0.0243 e. The van der Waals surface area contributed by atoms with Crippen LogP contribution in [-0.2, 0) is 0 Å². The van der Waals surface area contributed by atoms with Crippen molar-refractivity contribution in [2.24, 2.45) is 5.41 Å². The monoisotopic (exact) mass is 281 g/mol. The number of nitrogens with one attached hydrogen (secondary N) is 1. The summed E-state index contributed by atoms with van der Waals surface area (Å²) >= 11 is 0. The van der Waals surface area contributed by atoms with E-state index < -0.39 is 0 Å². The molecule has 0 spiro atoms. The predicted molar refractivity (Wildman–Crippen MR) is 87.2 cm³/mol. The lowest BCUT2D eigenvalue weighted by atomic mass is 9.86. The minimum absolute atomic E-state index is 0.348. The highest BCUT2D eigenvalue weighted by Gasteiger charge is 2.32. The number of hydrogen-bond donors (Lipinski definition) is 1. The lowest BCUT2D eigenvalue weighted by Crippen LogP contribution is -2.49. The predicted octanol–water partition coefficient (Wildman–Crippen LogP) is 2.57. The summed E-state index contributed by atoms with van der Waals surface area (Å²) < 4.78 is 0. The Balaban J connectivity index is 1.81. The van der Waals surface area contributed by atoms with Gasteiger partial charge in [0.2, 0.25) is 0 Å². The van der Waals surface area contributed by atoms with Gasteiger partial charge in [-0.05, 0) is 57.3 Å². The van der Waals surface area contributed by atoms with Crippen LogP contribution in [0.15, 0.2) is 0 Å². The first kappa shape index (κ1) is 16.3. The van der Waals surface area contributed by atoms with Crippen LogP contribution in [0.2, 0.25) is 0 Å². The smallest absolute Gasteiger partial charge is 0.0243 e. The third-order valence-corrected chi connectivity index (χ3v) is 5.03. The molecule has 2 saturated heterocycles. The van der Waals surface area contributed by atoms with Crippen molar-refractivity contribution < 1.29 is 0 Å². The van der Waals surface area contributed by atoms with Crippen LogP contribution in [0, 0.1) is 5.41 Å². The maximum atomic E-state index is 3.77. The molecule has 0 aromatic heterocycles. The van der Waals surface area contributed by atoms with Crippen LogP contribution < -0.4 is 5.32 Å². The minimum Gasteiger partial charge on any atom is -0.312 e. The molecule has 2 aliphatic heterocycles. The van der Waals surface area contributed by atoms with Gasteiger partial charge < -0.3 is 10.2 Å². The molecule has 2 fully saturated rings. The topological polar surface area (TPSA) is 18.5 Å². The van der Waals surface area contributed by atoms with Crippen LogP contribution in [0.5, 0.6) is 0 Å². The lowest BCUT2D eigenvalue weighted by Gasteiger charge is -2.35.